The molecule has 7 atom stereocenters. The lowest BCUT2D eigenvalue weighted by Crippen LogP contribution is -2.60. The van der Waals surface area contributed by atoms with E-state index in [1.54, 1.807) is 0 Å². The first-order chi connectivity index (χ1) is 14.5. The zero-order valence-electron chi connectivity index (χ0n) is 19.3. The molecule has 0 bridgehead atoms. The molecule has 0 aromatic heterocycles. The van der Waals surface area contributed by atoms with E-state index in [9.17, 15) is 19.2 Å². The highest BCUT2D eigenvalue weighted by atomic mass is 16.6. The van der Waals surface area contributed by atoms with Gasteiger partial charge in [-0.05, 0) is 74.0 Å². The fraction of sp³-hybridized carbons (Fsp3) is 0.840. The van der Waals surface area contributed by atoms with Gasteiger partial charge in [-0.1, -0.05) is 13.8 Å². The zero-order valence-corrected chi connectivity index (χ0v) is 19.3. The summed E-state index contributed by atoms with van der Waals surface area (Å²) < 4.78 is 10.9. The van der Waals surface area contributed by atoms with Gasteiger partial charge in [0.15, 0.2) is 12.2 Å². The molecular formula is C25H36O6. The highest BCUT2D eigenvalue weighted by Gasteiger charge is 2.69. The Kier molecular flexibility index (Phi) is 5.58. The fourth-order valence-electron chi connectivity index (χ4n) is 8.26. The minimum absolute atomic E-state index is 0.187. The molecule has 3 unspecified atom stereocenters. The van der Waals surface area contributed by atoms with Gasteiger partial charge in [-0.15, -0.1) is 0 Å². The molecule has 0 aliphatic heterocycles. The fourth-order valence-corrected chi connectivity index (χ4v) is 8.26. The van der Waals surface area contributed by atoms with Crippen molar-refractivity contribution in [3.05, 3.63) is 0 Å². The monoisotopic (exact) mass is 432 g/mol. The van der Waals surface area contributed by atoms with Gasteiger partial charge < -0.3 is 9.47 Å². The van der Waals surface area contributed by atoms with Crippen molar-refractivity contribution < 1.29 is 28.7 Å². The van der Waals surface area contributed by atoms with Crippen molar-refractivity contribution in [2.24, 2.45) is 34.5 Å². The van der Waals surface area contributed by atoms with E-state index in [-0.39, 0.29) is 17.8 Å². The SMILES string of the molecule is CC(=O)OCC(=O)[C@@]1(OC(C)=O)CCC2C3CC[C@H]4CC(=O)CC[C@]4(C)C3CC[C@@]21C. The molecule has 172 valence electrons. The number of ether oxygens (including phenoxy) is 2. The standard InChI is InChI=1S/C25H36O6/c1-15(26)30-14-22(29)25(31-16(2)27)12-9-21-19-6-5-17-13-18(28)7-10-23(17,3)20(19)8-11-24(21,25)4/h17,19-21H,5-14H2,1-4H3/t17-,19?,20?,21?,23-,24-,25-/m0/s1. The molecule has 0 radical (unpaired) electrons. The van der Waals surface area contributed by atoms with E-state index in [2.05, 4.69) is 13.8 Å². The number of carbonyl (C=O) groups is 4. The normalized spacial score (nSPS) is 43.9. The number of carbonyl (C=O) groups excluding carboxylic acids is 4. The van der Waals surface area contributed by atoms with E-state index >= 15 is 0 Å². The Hall–Kier alpha value is -1.72. The third kappa shape index (κ3) is 3.36. The Labute approximate surface area is 184 Å². The van der Waals surface area contributed by atoms with Crippen LogP contribution < -0.4 is 0 Å². The predicted molar refractivity (Wildman–Crippen MR) is 113 cm³/mol. The smallest absolute Gasteiger partial charge is 0.303 e. The third-order valence-electron chi connectivity index (χ3n) is 9.78. The van der Waals surface area contributed by atoms with Crippen molar-refractivity contribution in [3.8, 4) is 0 Å². The molecule has 4 aliphatic rings. The van der Waals surface area contributed by atoms with E-state index < -0.39 is 23.0 Å². The van der Waals surface area contributed by atoms with Crippen LogP contribution in [0.4, 0.5) is 0 Å². The van der Waals surface area contributed by atoms with Gasteiger partial charge in [-0.2, -0.15) is 0 Å². The maximum atomic E-state index is 13.4. The van der Waals surface area contributed by atoms with Gasteiger partial charge in [0.05, 0.1) is 0 Å². The van der Waals surface area contributed by atoms with Crippen molar-refractivity contribution in [3.63, 3.8) is 0 Å². The molecule has 4 aliphatic carbocycles. The molecule has 4 rings (SSSR count). The lowest BCUT2D eigenvalue weighted by atomic mass is 9.44. The first kappa shape index (κ1) is 22.5. The summed E-state index contributed by atoms with van der Waals surface area (Å²) in [7, 11) is 0. The first-order valence-electron chi connectivity index (χ1n) is 11.9. The van der Waals surface area contributed by atoms with E-state index in [4.69, 9.17) is 9.47 Å². The highest BCUT2D eigenvalue weighted by molar-refractivity contribution is 5.93. The van der Waals surface area contributed by atoms with Crippen molar-refractivity contribution in [1.82, 2.24) is 0 Å². The summed E-state index contributed by atoms with van der Waals surface area (Å²) in [6, 6.07) is 0. The number of esters is 2. The van der Waals surface area contributed by atoms with Crippen LogP contribution in [0.3, 0.4) is 0 Å². The van der Waals surface area contributed by atoms with Crippen LogP contribution in [0.2, 0.25) is 0 Å². The van der Waals surface area contributed by atoms with Crippen molar-refractivity contribution >= 4 is 23.5 Å². The summed E-state index contributed by atoms with van der Waals surface area (Å²) in [5, 5.41) is 0. The summed E-state index contributed by atoms with van der Waals surface area (Å²) in [5.74, 6) is 0.958. The topological polar surface area (TPSA) is 86.7 Å². The molecule has 0 heterocycles. The second kappa shape index (κ2) is 7.70. The molecule has 6 heteroatoms. The van der Waals surface area contributed by atoms with Crippen LogP contribution in [0.25, 0.3) is 0 Å². The van der Waals surface area contributed by atoms with Crippen molar-refractivity contribution in [2.75, 3.05) is 6.61 Å². The number of hydrogen-bond donors (Lipinski definition) is 0. The molecule has 0 saturated heterocycles. The molecule has 0 aromatic rings. The van der Waals surface area contributed by atoms with Gasteiger partial charge in [-0.25, -0.2) is 0 Å². The largest absolute Gasteiger partial charge is 0.458 e. The number of fused-ring (bicyclic) bond motifs is 5. The number of rotatable bonds is 4. The molecule has 4 saturated carbocycles. The van der Waals surface area contributed by atoms with Gasteiger partial charge in [0.1, 0.15) is 5.78 Å². The Balaban J connectivity index is 1.64. The Bertz CT molecular complexity index is 804. The van der Waals surface area contributed by atoms with E-state index in [0.29, 0.717) is 42.3 Å². The second-order valence-electron chi connectivity index (χ2n) is 11.0. The molecule has 0 spiro atoms. The van der Waals surface area contributed by atoms with Gasteiger partial charge in [0.2, 0.25) is 5.78 Å². The van der Waals surface area contributed by atoms with E-state index in [1.807, 2.05) is 0 Å². The summed E-state index contributed by atoms with van der Waals surface area (Å²) in [4.78, 5) is 48.9. The summed E-state index contributed by atoms with van der Waals surface area (Å²) in [5.41, 5.74) is -1.48. The van der Waals surface area contributed by atoms with Crippen LogP contribution in [0.15, 0.2) is 0 Å². The second-order valence-corrected chi connectivity index (χ2v) is 11.0. The molecule has 6 nitrogen and oxygen atoms in total. The molecular weight excluding hydrogens is 396 g/mol. The van der Waals surface area contributed by atoms with Gasteiger partial charge in [0, 0.05) is 32.1 Å². The Morgan fingerprint density at radius 1 is 0.935 bits per heavy atom. The number of Topliss-reactive ketones (excluding diaryl/α,β-unsaturated/α-hetero) is 2. The molecule has 0 N–H and O–H groups in total. The summed E-state index contributed by atoms with van der Waals surface area (Å²) in [6.07, 6.45) is 7.67. The lowest BCUT2D eigenvalue weighted by molar-refractivity contribution is -0.194. The summed E-state index contributed by atoms with van der Waals surface area (Å²) in [6.45, 7) is 6.80. The van der Waals surface area contributed by atoms with Gasteiger partial charge >= 0.3 is 11.9 Å². The number of hydrogen-bond acceptors (Lipinski definition) is 6. The highest BCUT2D eigenvalue weighted by Crippen LogP contribution is 2.68. The van der Waals surface area contributed by atoms with Crippen LogP contribution >= 0.6 is 0 Å². The number of ketones is 2. The maximum Gasteiger partial charge on any atom is 0.303 e. The van der Waals surface area contributed by atoms with Crippen LogP contribution in [0, 0.1) is 34.5 Å². The van der Waals surface area contributed by atoms with Gasteiger partial charge in [0.25, 0.3) is 0 Å². The zero-order chi connectivity index (χ0) is 22.6. The maximum absolute atomic E-state index is 13.4. The third-order valence-corrected chi connectivity index (χ3v) is 9.78. The van der Waals surface area contributed by atoms with E-state index in [0.717, 1.165) is 44.9 Å². The van der Waals surface area contributed by atoms with Gasteiger partial charge in [-0.3, -0.25) is 19.2 Å². The predicted octanol–water partition coefficient (Wildman–Crippen LogP) is 4.03. The van der Waals surface area contributed by atoms with Crippen LogP contribution in [0.5, 0.6) is 0 Å². The molecule has 0 aromatic carbocycles. The minimum Gasteiger partial charge on any atom is -0.458 e. The molecule has 4 fully saturated rings. The molecule has 31 heavy (non-hydrogen) atoms. The minimum atomic E-state index is -1.22. The average molecular weight is 433 g/mol. The van der Waals surface area contributed by atoms with Crippen molar-refractivity contribution in [2.45, 2.75) is 91.1 Å². The lowest BCUT2D eigenvalue weighted by Gasteiger charge is -2.61. The average Bonchev–Trinajstić information content (AvgIpc) is 2.99. The van der Waals surface area contributed by atoms with Crippen LogP contribution in [-0.2, 0) is 28.7 Å². The molecule has 0 amide bonds. The summed E-state index contributed by atoms with van der Waals surface area (Å²) >= 11 is 0. The Morgan fingerprint density at radius 3 is 2.32 bits per heavy atom. The first-order valence-corrected chi connectivity index (χ1v) is 11.9. The van der Waals surface area contributed by atoms with Crippen molar-refractivity contribution in [1.29, 1.82) is 0 Å². The van der Waals surface area contributed by atoms with E-state index in [1.165, 1.54) is 13.8 Å². The van der Waals surface area contributed by atoms with Crippen LogP contribution in [0.1, 0.15) is 85.5 Å². The Morgan fingerprint density at radius 2 is 1.65 bits per heavy atom. The quantitative estimate of drug-likeness (QED) is 0.623. The van der Waals surface area contributed by atoms with Crippen LogP contribution in [-0.4, -0.2) is 35.7 Å².